The zero-order valence-electron chi connectivity index (χ0n) is 19.5. The smallest absolute Gasteiger partial charge is 0.410 e. The van der Waals surface area contributed by atoms with Gasteiger partial charge in [-0.15, -0.1) is 0 Å². The van der Waals surface area contributed by atoms with Crippen LogP contribution in [0.4, 0.5) is 10.5 Å². The van der Waals surface area contributed by atoms with Crippen LogP contribution in [-0.2, 0) is 11.2 Å². The Morgan fingerprint density at radius 3 is 2.74 bits per heavy atom. The molecular formula is C27H27ClN4O3. The van der Waals surface area contributed by atoms with E-state index in [1.165, 1.54) is 5.56 Å². The van der Waals surface area contributed by atoms with Crippen molar-refractivity contribution in [2.45, 2.75) is 19.4 Å². The SMILES string of the molecule is CCOC(=O)N1CCc2c([nH]c3ccc(Cl)cc23)C1c1ccc(OCCNc2ccncc2)cc1. The molecule has 8 heteroatoms. The van der Waals surface area contributed by atoms with E-state index in [0.29, 0.717) is 31.3 Å². The van der Waals surface area contributed by atoms with Gasteiger partial charge in [0.2, 0.25) is 0 Å². The van der Waals surface area contributed by atoms with E-state index < -0.39 is 0 Å². The molecule has 2 N–H and O–H groups in total. The van der Waals surface area contributed by atoms with Crippen LogP contribution in [0.1, 0.15) is 29.8 Å². The Hall–Kier alpha value is -3.71. The van der Waals surface area contributed by atoms with Gasteiger partial charge in [-0.2, -0.15) is 0 Å². The van der Waals surface area contributed by atoms with Crippen molar-refractivity contribution in [3.8, 4) is 5.75 Å². The van der Waals surface area contributed by atoms with E-state index in [2.05, 4.69) is 15.3 Å². The first-order chi connectivity index (χ1) is 17.1. The lowest BCUT2D eigenvalue weighted by Crippen LogP contribution is -2.40. The highest BCUT2D eigenvalue weighted by Crippen LogP contribution is 2.39. The number of amides is 1. The first-order valence-corrected chi connectivity index (χ1v) is 12.1. The van der Waals surface area contributed by atoms with Crippen molar-refractivity contribution >= 4 is 34.3 Å². The van der Waals surface area contributed by atoms with Crippen LogP contribution in [-0.4, -0.2) is 47.3 Å². The third-order valence-corrected chi connectivity index (χ3v) is 6.40. The molecule has 180 valence electrons. The highest BCUT2D eigenvalue weighted by Gasteiger charge is 2.35. The van der Waals surface area contributed by atoms with Crippen LogP contribution in [0.15, 0.2) is 67.0 Å². The second-order valence-corrected chi connectivity index (χ2v) is 8.77. The van der Waals surface area contributed by atoms with Crippen molar-refractivity contribution in [2.24, 2.45) is 0 Å². The highest BCUT2D eigenvalue weighted by molar-refractivity contribution is 6.31. The molecule has 0 saturated carbocycles. The number of hydrogen-bond acceptors (Lipinski definition) is 5. The molecule has 1 unspecified atom stereocenters. The van der Waals surface area contributed by atoms with E-state index in [1.807, 2.05) is 61.5 Å². The molecule has 2 aromatic carbocycles. The number of nitrogens with one attached hydrogen (secondary N) is 2. The lowest BCUT2D eigenvalue weighted by Gasteiger charge is -2.35. The van der Waals surface area contributed by atoms with Gasteiger partial charge in [0.05, 0.1) is 6.61 Å². The lowest BCUT2D eigenvalue weighted by molar-refractivity contribution is 0.0932. The van der Waals surface area contributed by atoms with Gasteiger partial charge < -0.3 is 19.8 Å². The highest BCUT2D eigenvalue weighted by atomic mass is 35.5. The molecule has 3 heterocycles. The Balaban J connectivity index is 1.36. The minimum atomic E-state index is -0.317. The van der Waals surface area contributed by atoms with Crippen LogP contribution in [0.3, 0.4) is 0 Å². The quantitative estimate of drug-likeness (QED) is 0.319. The third kappa shape index (κ3) is 4.91. The van der Waals surface area contributed by atoms with Crippen molar-refractivity contribution in [3.63, 3.8) is 0 Å². The van der Waals surface area contributed by atoms with E-state index in [1.54, 1.807) is 17.3 Å². The molecule has 35 heavy (non-hydrogen) atoms. The Morgan fingerprint density at radius 1 is 1.17 bits per heavy atom. The van der Waals surface area contributed by atoms with Gasteiger partial charge in [-0.25, -0.2) is 4.79 Å². The summed E-state index contributed by atoms with van der Waals surface area (Å²) >= 11 is 6.28. The molecule has 1 atom stereocenters. The van der Waals surface area contributed by atoms with E-state index in [0.717, 1.165) is 40.0 Å². The maximum Gasteiger partial charge on any atom is 0.410 e. The lowest BCUT2D eigenvalue weighted by atomic mass is 9.92. The fourth-order valence-electron chi connectivity index (χ4n) is 4.59. The average molecular weight is 491 g/mol. The van der Waals surface area contributed by atoms with E-state index in [4.69, 9.17) is 21.1 Å². The number of benzene rings is 2. The zero-order chi connectivity index (χ0) is 24.2. The third-order valence-electron chi connectivity index (χ3n) is 6.17. The first kappa shape index (κ1) is 23.1. The van der Waals surface area contributed by atoms with Crippen molar-refractivity contribution in [1.82, 2.24) is 14.9 Å². The largest absolute Gasteiger partial charge is 0.492 e. The Kier molecular flexibility index (Phi) is 6.77. The van der Waals surface area contributed by atoms with Crippen molar-refractivity contribution < 1.29 is 14.3 Å². The van der Waals surface area contributed by atoms with Crippen molar-refractivity contribution in [3.05, 3.63) is 88.8 Å². The number of nitrogens with zero attached hydrogens (tertiary/aromatic N) is 2. The minimum Gasteiger partial charge on any atom is -0.492 e. The number of aromatic nitrogens is 2. The second kappa shape index (κ2) is 10.3. The first-order valence-electron chi connectivity index (χ1n) is 11.7. The molecule has 2 aromatic heterocycles. The molecule has 0 fully saturated rings. The number of ether oxygens (including phenoxy) is 2. The van der Waals surface area contributed by atoms with Gasteiger partial charge in [0, 0.05) is 52.8 Å². The van der Waals surface area contributed by atoms with Crippen LogP contribution >= 0.6 is 11.6 Å². The monoisotopic (exact) mass is 490 g/mol. The van der Waals surface area contributed by atoms with Crippen molar-refractivity contribution in [1.29, 1.82) is 0 Å². The van der Waals surface area contributed by atoms with Gasteiger partial charge in [0.1, 0.15) is 18.4 Å². The summed E-state index contributed by atoms with van der Waals surface area (Å²) in [7, 11) is 0. The number of rotatable bonds is 7. The molecule has 4 aromatic rings. The van der Waals surface area contributed by atoms with E-state index >= 15 is 0 Å². The average Bonchev–Trinajstić information content (AvgIpc) is 3.25. The molecule has 0 spiro atoms. The summed E-state index contributed by atoms with van der Waals surface area (Å²) in [6, 6.07) is 17.3. The number of pyridine rings is 1. The van der Waals surface area contributed by atoms with E-state index in [9.17, 15) is 4.79 Å². The fraction of sp³-hybridized carbons (Fsp3) is 0.259. The van der Waals surface area contributed by atoms with Gasteiger partial charge in [-0.1, -0.05) is 23.7 Å². The number of halogens is 1. The standard InChI is InChI=1S/C27H27ClN4O3/c1-2-34-27(33)32-15-11-22-23-17-19(28)5-8-24(23)31-25(22)26(32)18-3-6-21(7-4-18)35-16-14-30-20-9-12-29-13-10-20/h3-10,12-13,17,26,31H,2,11,14-16H2,1H3,(H,29,30). The second-order valence-electron chi connectivity index (χ2n) is 8.33. The minimum absolute atomic E-state index is 0.286. The number of carbonyl (C=O) groups excluding carboxylic acids is 1. The molecule has 1 amide bonds. The topological polar surface area (TPSA) is 79.5 Å². The Morgan fingerprint density at radius 2 is 1.97 bits per heavy atom. The zero-order valence-corrected chi connectivity index (χ0v) is 20.2. The predicted octanol–water partition coefficient (Wildman–Crippen LogP) is 5.81. The predicted molar refractivity (Wildman–Crippen MR) is 137 cm³/mol. The Bertz CT molecular complexity index is 1310. The molecule has 5 rings (SSSR count). The van der Waals surface area contributed by atoms with Gasteiger partial charge in [-0.05, 0) is 66.9 Å². The van der Waals surface area contributed by atoms with Crippen LogP contribution in [0, 0.1) is 0 Å². The van der Waals surface area contributed by atoms with Crippen LogP contribution in [0.25, 0.3) is 10.9 Å². The number of H-pyrrole nitrogens is 1. The maximum absolute atomic E-state index is 12.9. The van der Waals surface area contributed by atoms with Gasteiger partial charge in [0.25, 0.3) is 0 Å². The number of anilines is 1. The maximum atomic E-state index is 12.9. The summed E-state index contributed by atoms with van der Waals surface area (Å²) in [6.07, 6.45) is 3.92. The summed E-state index contributed by atoms with van der Waals surface area (Å²) in [5.41, 5.74) is 5.19. The number of aromatic amines is 1. The van der Waals surface area contributed by atoms with Gasteiger partial charge >= 0.3 is 6.09 Å². The number of fused-ring (bicyclic) bond motifs is 3. The fourth-order valence-corrected chi connectivity index (χ4v) is 4.76. The molecule has 7 nitrogen and oxygen atoms in total. The Labute approximate surface area is 209 Å². The molecule has 1 aliphatic heterocycles. The molecule has 0 bridgehead atoms. The molecule has 0 aliphatic carbocycles. The summed E-state index contributed by atoms with van der Waals surface area (Å²) in [5.74, 6) is 0.771. The van der Waals surface area contributed by atoms with Gasteiger partial charge in [-0.3, -0.25) is 9.88 Å². The molecule has 0 radical (unpaired) electrons. The molecular weight excluding hydrogens is 464 g/mol. The normalized spacial score (nSPS) is 15.0. The molecule has 1 aliphatic rings. The summed E-state index contributed by atoms with van der Waals surface area (Å²) in [6.45, 7) is 3.91. The summed E-state index contributed by atoms with van der Waals surface area (Å²) < 4.78 is 11.3. The van der Waals surface area contributed by atoms with Crippen molar-refractivity contribution in [2.75, 3.05) is 31.6 Å². The molecule has 0 saturated heterocycles. The van der Waals surface area contributed by atoms with Crippen LogP contribution in [0.5, 0.6) is 5.75 Å². The summed E-state index contributed by atoms with van der Waals surface area (Å²) in [4.78, 5) is 22.2. The number of carbonyl (C=O) groups is 1. The number of hydrogen-bond donors (Lipinski definition) is 2. The van der Waals surface area contributed by atoms with Crippen LogP contribution < -0.4 is 10.1 Å². The van der Waals surface area contributed by atoms with Crippen LogP contribution in [0.2, 0.25) is 5.02 Å². The van der Waals surface area contributed by atoms with Gasteiger partial charge in [0.15, 0.2) is 0 Å². The summed E-state index contributed by atoms with van der Waals surface area (Å²) in [5, 5.41) is 5.10. The van der Waals surface area contributed by atoms with E-state index in [-0.39, 0.29) is 12.1 Å².